The number of anilines is 2. The molecular weight excluding hydrogens is 1450 g/mol. The van der Waals surface area contributed by atoms with Gasteiger partial charge in [0.15, 0.2) is 0 Å². The van der Waals surface area contributed by atoms with Gasteiger partial charge >= 0.3 is 5.51 Å². The molecule has 1 aliphatic carbocycles. The highest BCUT2D eigenvalue weighted by atomic mass is 35.5. The minimum absolute atomic E-state index is 0.0295. The van der Waals surface area contributed by atoms with Crippen LogP contribution in [0.25, 0.3) is 16.0 Å². The molecule has 3 aliphatic heterocycles. The lowest BCUT2D eigenvalue weighted by atomic mass is 9.72. The lowest BCUT2D eigenvalue weighted by Crippen LogP contribution is -2.59. The van der Waals surface area contributed by atoms with Gasteiger partial charge in [-0.2, -0.15) is 13.2 Å². The van der Waals surface area contributed by atoms with Gasteiger partial charge in [0, 0.05) is 123 Å². The predicted molar refractivity (Wildman–Crippen MR) is 416 cm³/mol. The highest BCUT2D eigenvalue weighted by Gasteiger charge is 2.50. The molecule has 574 valence electrons. The zero-order valence-electron chi connectivity index (χ0n) is 62.3. The average molecular weight is 1560 g/mol. The Morgan fingerprint density at radius 1 is 0.783 bits per heavy atom. The van der Waals surface area contributed by atoms with Crippen LogP contribution < -0.4 is 25.6 Å². The fraction of sp³-hybridized carbons (Fsp3) is 0.506. The summed E-state index contributed by atoms with van der Waals surface area (Å²) in [6.45, 7) is 28.1. The number of allylic oxidation sites excluding steroid dienone is 1. The van der Waals surface area contributed by atoms with Crippen LogP contribution in [0.2, 0.25) is 5.02 Å². The van der Waals surface area contributed by atoms with Gasteiger partial charge < -0.3 is 40.7 Å². The van der Waals surface area contributed by atoms with E-state index in [1.807, 2.05) is 113 Å². The second-order valence-corrected chi connectivity index (χ2v) is 38.0. The number of likely N-dealkylation sites (tertiary alicyclic amines) is 1. The fourth-order valence-corrected chi connectivity index (χ4v) is 18.8. The summed E-state index contributed by atoms with van der Waals surface area (Å²) in [5, 5.41) is 20.7. The lowest BCUT2D eigenvalue weighted by molar-refractivity contribution is -0.145. The number of carbonyl (C=O) groups excluding carboxylic acids is 4. The van der Waals surface area contributed by atoms with Gasteiger partial charge in [0.05, 0.1) is 32.8 Å². The number of thioether (sulfide) groups is 1. The quantitative estimate of drug-likeness (QED) is 0.0287. The minimum Gasteiger partial charge on any atom is -0.391 e. The number of benzene rings is 5. The smallest absolute Gasteiger partial charge is 0.391 e. The van der Waals surface area contributed by atoms with E-state index < -0.39 is 93.6 Å². The molecule has 6 aromatic rings. The number of rotatable bonds is 28. The van der Waals surface area contributed by atoms with E-state index in [0.29, 0.717) is 75.5 Å². The number of piperazine rings is 2. The first-order chi connectivity index (χ1) is 49.8. The van der Waals surface area contributed by atoms with Gasteiger partial charge in [0.1, 0.15) is 17.0 Å². The van der Waals surface area contributed by atoms with Crippen LogP contribution in [0.15, 0.2) is 147 Å². The maximum absolute atomic E-state index is 14.7. The first-order valence-corrected chi connectivity index (χ1v) is 41.6. The van der Waals surface area contributed by atoms with Gasteiger partial charge in [-0.1, -0.05) is 134 Å². The monoisotopic (exact) mass is 1550 g/mol. The molecule has 5 aromatic carbocycles. The molecule has 0 spiro atoms. The van der Waals surface area contributed by atoms with E-state index >= 15 is 0 Å². The molecule has 4 aliphatic rings. The number of amides is 4. The second kappa shape index (κ2) is 33.9. The molecule has 4 atom stereocenters. The van der Waals surface area contributed by atoms with E-state index in [0.717, 1.165) is 96.3 Å². The Morgan fingerprint density at radius 2 is 1.42 bits per heavy atom. The Kier molecular flexibility index (Phi) is 26.1. The van der Waals surface area contributed by atoms with Gasteiger partial charge in [-0.15, -0.1) is 23.1 Å². The number of sulfone groups is 1. The number of carbonyl (C=O) groups is 4. The number of β-amino-alcohol motifs (C(OH)–C–C–N with tert-alkyl or cyclic N) is 1. The predicted octanol–water partition coefficient (Wildman–Crippen LogP) is 13.2. The number of aliphatic hydroxyl groups is 1. The van der Waals surface area contributed by atoms with Crippen LogP contribution in [0, 0.1) is 28.6 Å². The largest absolute Gasteiger partial charge is 0.501 e. The molecule has 3 saturated heterocycles. The number of hydrogen-bond acceptors (Lipinski definition) is 17. The minimum atomic E-state index is -6.17. The maximum Gasteiger partial charge on any atom is 0.501 e. The third-order valence-electron chi connectivity index (χ3n) is 20.9. The van der Waals surface area contributed by atoms with Crippen molar-refractivity contribution in [2.45, 2.75) is 165 Å². The van der Waals surface area contributed by atoms with Crippen molar-refractivity contribution in [3.05, 3.63) is 160 Å². The first kappa shape index (κ1) is 81.6. The number of alkyl halides is 3. The zero-order chi connectivity index (χ0) is 76.7. The van der Waals surface area contributed by atoms with Gasteiger partial charge in [-0.25, -0.2) is 26.5 Å². The van der Waals surface area contributed by atoms with Crippen LogP contribution in [-0.2, 0) is 40.8 Å². The number of nitrogens with zero attached hydrogens (tertiary/aromatic N) is 6. The average Bonchev–Trinajstić information content (AvgIpc) is 0.823. The maximum atomic E-state index is 14.7. The fourth-order valence-electron chi connectivity index (χ4n) is 14.8. The van der Waals surface area contributed by atoms with E-state index in [-0.39, 0.29) is 41.8 Å². The molecule has 3 fully saturated rings. The Bertz CT molecular complexity index is 4330. The second-order valence-electron chi connectivity index (χ2n) is 32.0. The van der Waals surface area contributed by atoms with Gasteiger partial charge in [-0.05, 0) is 157 Å². The molecule has 27 heteroatoms. The van der Waals surface area contributed by atoms with E-state index in [2.05, 4.69) is 80.4 Å². The van der Waals surface area contributed by atoms with E-state index in [4.69, 9.17) is 11.6 Å². The van der Waals surface area contributed by atoms with Crippen molar-refractivity contribution in [3.8, 4) is 10.4 Å². The van der Waals surface area contributed by atoms with Crippen molar-refractivity contribution < 1.29 is 54.3 Å². The van der Waals surface area contributed by atoms with Crippen molar-refractivity contribution in [1.29, 1.82) is 0 Å². The summed E-state index contributed by atoms with van der Waals surface area (Å²) in [5.41, 5.74) is 1.36. The summed E-state index contributed by atoms with van der Waals surface area (Å²) < 4.78 is 101. The molecule has 4 heterocycles. The highest BCUT2D eigenvalue weighted by Crippen LogP contribution is 2.44. The SMILES string of the molecule is Cc1ncsc1-c1ccc(CNC(=O)[C@@H]2C[C@@H](O)CN2C(=O)[C@@H](NC(=O)C(C)(C)CC(C)(C)CCN2CCN(CC[C@H](CSc3ccccc3)Nc3ccc(S(=O)(=O)NC(=O)c4ccc(N5CCN(CC6=C(c7ccc(Cl)cc7)CCC(C)(C)C6)CC5)cc4)cc3S(=O)(=O)C(F)(F)F)CC2)C(C)(C)C)cc1. The molecule has 0 saturated carbocycles. The summed E-state index contributed by atoms with van der Waals surface area (Å²) in [4.78, 5) is 71.2. The number of sulfonamides is 1. The Labute approximate surface area is 636 Å². The summed E-state index contributed by atoms with van der Waals surface area (Å²) >= 11 is 9.22. The summed E-state index contributed by atoms with van der Waals surface area (Å²) in [6.07, 6.45) is 3.82. The number of aryl methyl sites for hydroxylation is 1. The molecule has 0 radical (unpaired) electrons. The number of halogens is 4. The van der Waals surface area contributed by atoms with Gasteiger partial charge in [0.2, 0.25) is 17.7 Å². The zero-order valence-corrected chi connectivity index (χ0v) is 66.3. The van der Waals surface area contributed by atoms with Crippen LogP contribution in [0.4, 0.5) is 24.5 Å². The molecule has 19 nitrogen and oxygen atoms in total. The third kappa shape index (κ3) is 21.1. The van der Waals surface area contributed by atoms with Crippen LogP contribution in [0.1, 0.15) is 134 Å². The van der Waals surface area contributed by atoms with Gasteiger partial charge in [-0.3, -0.25) is 24.1 Å². The number of hydrogen-bond donors (Lipinski definition) is 5. The van der Waals surface area contributed by atoms with Crippen LogP contribution in [0.5, 0.6) is 0 Å². The number of aromatic nitrogens is 1. The summed E-state index contributed by atoms with van der Waals surface area (Å²) in [5.74, 6) is -1.90. The molecule has 5 N–H and O–H groups in total. The summed E-state index contributed by atoms with van der Waals surface area (Å²) in [7, 11) is -11.1. The van der Waals surface area contributed by atoms with Crippen LogP contribution in [-0.4, -0.2) is 184 Å². The Morgan fingerprint density at radius 3 is 2.04 bits per heavy atom. The van der Waals surface area contributed by atoms with E-state index in [1.165, 1.54) is 45.5 Å². The number of aliphatic hydroxyl groups excluding tert-OH is 1. The molecule has 0 unspecified atom stereocenters. The lowest BCUT2D eigenvalue weighted by Gasteiger charge is -2.40. The third-order valence-corrected chi connectivity index (χ3v) is 26.1. The molecule has 106 heavy (non-hydrogen) atoms. The molecule has 0 bridgehead atoms. The molecule has 1 aromatic heterocycles. The van der Waals surface area contributed by atoms with Crippen molar-refractivity contribution >= 4 is 95.1 Å². The Hall–Kier alpha value is -6.88. The number of nitrogens with one attached hydrogen (secondary N) is 4. The topological polar surface area (TPSA) is 234 Å². The van der Waals surface area contributed by atoms with E-state index in [9.17, 15) is 54.3 Å². The summed E-state index contributed by atoms with van der Waals surface area (Å²) in [6, 6.07) is 31.5. The molecular formula is C79H102ClF3N10O9S4. The highest BCUT2D eigenvalue weighted by molar-refractivity contribution is 7.99. The Balaban J connectivity index is 0.719. The standard InChI is InChI=1S/C79H102ClF3N10O9S4/c1-53-69(104-52-85-53)56-18-16-54(17-19-56)47-84-72(96)67-44-62(94)49-93(67)73(97)70(75(2,3)4)87-74(98)78(9,10)51-77(7,8)33-35-90-38-36-89(37-39-90)34-31-60(50-103-63-14-12-11-13-15-63)86-66-29-28-64(45-68(66)105(99,100)79(81,82)83)106(101,102)88-71(95)57-22-26-61(27-23-57)92-42-40-91(41-43-92)48-58-46-76(5,6)32-30-65(58)55-20-24-59(80)25-21-55/h11-29,45,52,60,62,67,70,86,94H,30-44,46-51H2,1-10H3,(H,84,96)(H,87,98)(H,88,95)/t60-,62-,67+,70-/m1/s1. The van der Waals surface area contributed by atoms with Gasteiger partial charge in [0.25, 0.3) is 25.8 Å². The molecule has 10 rings (SSSR count). The van der Waals surface area contributed by atoms with Crippen molar-refractivity contribution in [2.24, 2.45) is 21.7 Å². The molecule has 4 amide bonds. The van der Waals surface area contributed by atoms with E-state index in [1.54, 1.807) is 29.0 Å². The number of thiazole rings is 1. The normalized spacial score (nSPS) is 18.9. The first-order valence-electron chi connectivity index (χ1n) is 36.4. The van der Waals surface area contributed by atoms with Crippen molar-refractivity contribution in [2.75, 3.05) is 94.5 Å². The van der Waals surface area contributed by atoms with Crippen LogP contribution >= 0.6 is 34.7 Å². The van der Waals surface area contributed by atoms with Crippen LogP contribution in [0.3, 0.4) is 0 Å². The van der Waals surface area contributed by atoms with Crippen molar-refractivity contribution in [3.63, 3.8) is 0 Å². The van der Waals surface area contributed by atoms with Crippen molar-refractivity contribution in [1.82, 2.24) is 39.9 Å².